The number of halogens is 1. The van der Waals surface area contributed by atoms with Crippen LogP contribution in [0.25, 0.3) is 11.5 Å². The summed E-state index contributed by atoms with van der Waals surface area (Å²) in [6, 6.07) is 3.75. The zero-order valence-electron chi connectivity index (χ0n) is 11.3. The van der Waals surface area contributed by atoms with Gasteiger partial charge in [0.2, 0.25) is 11.7 Å². The van der Waals surface area contributed by atoms with Gasteiger partial charge in [-0.2, -0.15) is 4.98 Å². The number of hydrogen-bond acceptors (Lipinski definition) is 5. The number of nitrogens with zero attached hydrogens (tertiary/aromatic N) is 3. The number of nitrogens with one attached hydrogen (secondary N) is 1. The van der Waals surface area contributed by atoms with E-state index >= 15 is 0 Å². The van der Waals surface area contributed by atoms with Gasteiger partial charge in [-0.3, -0.25) is 4.98 Å². The minimum atomic E-state index is 0.0901. The summed E-state index contributed by atoms with van der Waals surface area (Å²) in [6.45, 7) is 7.17. The fourth-order valence-corrected chi connectivity index (χ4v) is 1.98. The lowest BCUT2D eigenvalue weighted by Crippen LogP contribution is -2.37. The van der Waals surface area contributed by atoms with Crippen LogP contribution in [0.4, 0.5) is 0 Å². The molecule has 0 aromatic carbocycles. The van der Waals surface area contributed by atoms with Crippen LogP contribution in [0.1, 0.15) is 26.7 Å². The van der Waals surface area contributed by atoms with Crippen molar-refractivity contribution in [3.05, 3.63) is 28.7 Å². The van der Waals surface area contributed by atoms with Gasteiger partial charge in [0.1, 0.15) is 5.69 Å². The highest BCUT2D eigenvalue weighted by Crippen LogP contribution is 2.22. The van der Waals surface area contributed by atoms with Crippen molar-refractivity contribution < 1.29 is 4.52 Å². The fraction of sp³-hybridized carbons (Fsp3) is 0.462. The predicted molar refractivity (Wildman–Crippen MR) is 76.7 cm³/mol. The number of aromatic nitrogens is 3. The molecule has 2 rings (SSSR count). The highest BCUT2D eigenvalue weighted by Gasteiger charge is 2.13. The molecule has 0 spiro atoms. The number of rotatable bonds is 4. The van der Waals surface area contributed by atoms with Crippen molar-refractivity contribution in [2.75, 3.05) is 6.54 Å². The van der Waals surface area contributed by atoms with Crippen molar-refractivity contribution in [1.82, 2.24) is 20.4 Å². The van der Waals surface area contributed by atoms with Gasteiger partial charge in [0, 0.05) is 29.2 Å². The summed E-state index contributed by atoms with van der Waals surface area (Å²) >= 11 is 3.42. The monoisotopic (exact) mass is 324 g/mol. The van der Waals surface area contributed by atoms with Crippen LogP contribution in [-0.2, 0) is 6.42 Å². The first-order chi connectivity index (χ1) is 8.96. The topological polar surface area (TPSA) is 63.8 Å². The van der Waals surface area contributed by atoms with Crippen molar-refractivity contribution in [2.45, 2.75) is 32.7 Å². The van der Waals surface area contributed by atoms with Gasteiger partial charge < -0.3 is 9.84 Å². The molecule has 0 bridgehead atoms. The Kier molecular flexibility index (Phi) is 4.31. The molecule has 0 aliphatic carbocycles. The Balaban J connectivity index is 2.02. The minimum absolute atomic E-state index is 0.0901. The quantitative estimate of drug-likeness (QED) is 0.936. The largest absolute Gasteiger partial charge is 0.339 e. The molecule has 0 atom stereocenters. The third-order valence-electron chi connectivity index (χ3n) is 2.43. The molecule has 0 saturated heterocycles. The Bertz CT molecular complexity index is 548. The maximum absolute atomic E-state index is 5.23. The maximum atomic E-state index is 5.23. The summed E-state index contributed by atoms with van der Waals surface area (Å²) < 4.78 is 6.08. The van der Waals surface area contributed by atoms with E-state index in [4.69, 9.17) is 4.52 Å². The number of pyridine rings is 1. The molecule has 0 aliphatic rings. The molecule has 2 aromatic heterocycles. The fourth-order valence-electron chi connectivity index (χ4n) is 1.55. The van der Waals surface area contributed by atoms with Crippen molar-refractivity contribution in [1.29, 1.82) is 0 Å². The average molecular weight is 325 g/mol. The van der Waals surface area contributed by atoms with Crippen LogP contribution in [-0.4, -0.2) is 27.2 Å². The van der Waals surface area contributed by atoms with Gasteiger partial charge in [0.05, 0.1) is 0 Å². The zero-order valence-corrected chi connectivity index (χ0v) is 12.9. The minimum Gasteiger partial charge on any atom is -0.339 e. The van der Waals surface area contributed by atoms with Crippen LogP contribution in [0.2, 0.25) is 0 Å². The molecule has 0 radical (unpaired) electrons. The lowest BCUT2D eigenvalue weighted by atomic mass is 10.1. The lowest BCUT2D eigenvalue weighted by molar-refractivity contribution is 0.362. The van der Waals surface area contributed by atoms with Crippen LogP contribution in [0.15, 0.2) is 27.3 Å². The highest BCUT2D eigenvalue weighted by molar-refractivity contribution is 9.10. The summed E-state index contributed by atoms with van der Waals surface area (Å²) in [5.41, 5.74) is 0.786. The molecule has 5 nitrogen and oxygen atoms in total. The Hall–Kier alpha value is -1.27. The van der Waals surface area contributed by atoms with Crippen LogP contribution < -0.4 is 5.32 Å². The van der Waals surface area contributed by atoms with Crippen molar-refractivity contribution >= 4 is 15.9 Å². The smallest absolute Gasteiger partial charge is 0.228 e. The summed E-state index contributed by atoms with van der Waals surface area (Å²) in [5, 5.41) is 7.33. The molecule has 0 saturated carbocycles. The van der Waals surface area contributed by atoms with Crippen LogP contribution in [0, 0.1) is 0 Å². The summed E-state index contributed by atoms with van der Waals surface area (Å²) in [4.78, 5) is 8.58. The van der Waals surface area contributed by atoms with E-state index in [2.05, 4.69) is 57.1 Å². The van der Waals surface area contributed by atoms with E-state index in [0.29, 0.717) is 23.8 Å². The molecule has 0 unspecified atom stereocenters. The van der Waals surface area contributed by atoms with Gasteiger partial charge in [-0.15, -0.1) is 0 Å². The molecule has 6 heteroatoms. The molecule has 0 aliphatic heterocycles. The molecule has 1 N–H and O–H groups in total. The lowest BCUT2D eigenvalue weighted by Gasteiger charge is -2.19. The third-order valence-corrected chi connectivity index (χ3v) is 3.07. The van der Waals surface area contributed by atoms with Crippen molar-refractivity contribution in [3.8, 4) is 11.5 Å². The van der Waals surface area contributed by atoms with E-state index in [-0.39, 0.29) is 5.54 Å². The first-order valence-corrected chi connectivity index (χ1v) is 6.93. The molecule has 2 aromatic rings. The van der Waals surface area contributed by atoms with E-state index in [9.17, 15) is 0 Å². The third kappa shape index (κ3) is 4.11. The molecule has 0 fully saturated rings. The highest BCUT2D eigenvalue weighted by atomic mass is 79.9. The molecular weight excluding hydrogens is 308 g/mol. The summed E-state index contributed by atoms with van der Waals surface area (Å²) in [6.07, 6.45) is 2.41. The van der Waals surface area contributed by atoms with Gasteiger partial charge in [-0.1, -0.05) is 5.16 Å². The Morgan fingerprint density at radius 2 is 2.16 bits per heavy atom. The second kappa shape index (κ2) is 5.79. The van der Waals surface area contributed by atoms with Crippen LogP contribution >= 0.6 is 15.9 Å². The van der Waals surface area contributed by atoms with Gasteiger partial charge in [-0.25, -0.2) is 0 Å². The van der Waals surface area contributed by atoms with E-state index in [1.54, 1.807) is 6.20 Å². The Morgan fingerprint density at radius 3 is 2.84 bits per heavy atom. The summed E-state index contributed by atoms with van der Waals surface area (Å²) in [7, 11) is 0. The Morgan fingerprint density at radius 1 is 1.37 bits per heavy atom. The van der Waals surface area contributed by atoms with Crippen molar-refractivity contribution in [2.24, 2.45) is 0 Å². The molecular formula is C13H17BrN4O. The van der Waals surface area contributed by atoms with Gasteiger partial charge >= 0.3 is 0 Å². The average Bonchev–Trinajstić information content (AvgIpc) is 2.76. The van der Waals surface area contributed by atoms with Crippen LogP contribution in [0.5, 0.6) is 0 Å². The van der Waals surface area contributed by atoms with Gasteiger partial charge in [0.15, 0.2) is 0 Å². The normalized spacial score (nSPS) is 11.8. The van der Waals surface area contributed by atoms with Crippen molar-refractivity contribution in [3.63, 3.8) is 0 Å². The predicted octanol–water partition coefficient (Wildman–Crippen LogP) is 2.82. The first kappa shape index (κ1) is 14.1. The number of hydrogen-bond donors (Lipinski definition) is 1. The molecule has 19 heavy (non-hydrogen) atoms. The second-order valence-corrected chi connectivity index (χ2v) is 6.13. The van der Waals surface area contributed by atoms with Gasteiger partial charge in [-0.05, 0) is 48.8 Å². The van der Waals surface area contributed by atoms with Crippen LogP contribution in [0.3, 0.4) is 0 Å². The van der Waals surface area contributed by atoms with Gasteiger partial charge in [0.25, 0.3) is 0 Å². The Labute approximate surface area is 121 Å². The van der Waals surface area contributed by atoms with E-state index < -0.39 is 0 Å². The SMILES string of the molecule is CC(C)(C)NCCc1nc(-c2ncccc2Br)no1. The zero-order chi connectivity index (χ0) is 13.9. The second-order valence-electron chi connectivity index (χ2n) is 5.27. The molecule has 0 amide bonds. The molecule has 102 valence electrons. The van der Waals surface area contributed by atoms with E-state index in [0.717, 1.165) is 11.0 Å². The standard InChI is InChI=1S/C13H17BrN4O/c1-13(2,3)16-8-6-10-17-12(18-19-10)11-9(14)5-4-7-15-11/h4-5,7,16H,6,8H2,1-3H3. The summed E-state index contributed by atoms with van der Waals surface area (Å²) in [5.74, 6) is 1.13. The molecule has 2 heterocycles. The first-order valence-electron chi connectivity index (χ1n) is 6.14. The van der Waals surface area contributed by atoms with E-state index in [1.165, 1.54) is 0 Å². The van der Waals surface area contributed by atoms with E-state index in [1.807, 2.05) is 12.1 Å². The maximum Gasteiger partial charge on any atom is 0.228 e.